The lowest BCUT2D eigenvalue weighted by Crippen LogP contribution is -1.85. The summed E-state index contributed by atoms with van der Waals surface area (Å²) < 4.78 is 0. The summed E-state index contributed by atoms with van der Waals surface area (Å²) in [5, 5.41) is 0. The lowest BCUT2D eigenvalue weighted by molar-refractivity contribution is 0.586. The fourth-order valence-electron chi connectivity index (χ4n) is 3.32. The van der Waals surface area contributed by atoms with Gasteiger partial charge in [-0.2, -0.15) is 0 Å². The molecule has 0 aliphatic heterocycles. The molecule has 0 spiro atoms. The fraction of sp³-hybridized carbons (Fsp3) is 1.00. The van der Waals surface area contributed by atoms with Gasteiger partial charge in [-0.05, 0) is 25.7 Å². The first-order valence-electron chi connectivity index (χ1n) is 12.9. The third-order valence-electron chi connectivity index (χ3n) is 5.28. The average molecular weight is 481 g/mol. The van der Waals surface area contributed by atoms with E-state index < -0.39 is 0 Å². The molecule has 0 heterocycles. The molecule has 4 heteroatoms. The summed E-state index contributed by atoms with van der Waals surface area (Å²) in [5.41, 5.74) is 0. The molecule has 0 N–H and O–H groups in total. The minimum atomic E-state index is 1.36. The molecule has 0 fully saturated rings. The molecule has 0 rings (SSSR count). The Labute approximate surface area is 201 Å². The molecule has 0 saturated heterocycles. The van der Waals surface area contributed by atoms with E-state index in [-0.39, 0.29) is 0 Å². The standard InChI is InChI=1S/C25H52S4/c1-3-5-7-9-11-13-15-18-22-26-28-24-20-17-21-25-29-27-23-19-16-14-12-10-8-6-4-2/h3-25H2,1-2H3. The van der Waals surface area contributed by atoms with Gasteiger partial charge in [0.2, 0.25) is 0 Å². The van der Waals surface area contributed by atoms with Gasteiger partial charge < -0.3 is 0 Å². The molecule has 176 valence electrons. The largest absolute Gasteiger partial charge is 0.0942 e. The van der Waals surface area contributed by atoms with Crippen LogP contribution >= 0.6 is 43.2 Å². The minimum Gasteiger partial charge on any atom is -0.0942 e. The highest BCUT2D eigenvalue weighted by molar-refractivity contribution is 8.77. The van der Waals surface area contributed by atoms with Crippen LogP contribution in [-0.2, 0) is 0 Å². The lowest BCUT2D eigenvalue weighted by Gasteiger charge is -2.04. The Morgan fingerprint density at radius 2 is 0.483 bits per heavy atom. The van der Waals surface area contributed by atoms with Crippen LogP contribution in [0.2, 0.25) is 0 Å². The van der Waals surface area contributed by atoms with Crippen LogP contribution in [0.25, 0.3) is 0 Å². The van der Waals surface area contributed by atoms with Gasteiger partial charge in [0.15, 0.2) is 0 Å². The zero-order valence-electron chi connectivity index (χ0n) is 19.9. The maximum atomic E-state index is 2.30. The van der Waals surface area contributed by atoms with E-state index in [0.717, 1.165) is 0 Å². The molecule has 0 aromatic rings. The zero-order chi connectivity index (χ0) is 21.1. The summed E-state index contributed by atoms with van der Waals surface area (Å²) in [4.78, 5) is 0. The van der Waals surface area contributed by atoms with Gasteiger partial charge in [-0.15, -0.1) is 0 Å². The molecule has 0 aromatic heterocycles. The number of hydrogen-bond acceptors (Lipinski definition) is 4. The van der Waals surface area contributed by atoms with Gasteiger partial charge in [0.1, 0.15) is 0 Å². The van der Waals surface area contributed by atoms with Crippen LogP contribution in [0.1, 0.15) is 136 Å². The molecule has 0 atom stereocenters. The molecule has 0 saturated carbocycles. The van der Waals surface area contributed by atoms with Gasteiger partial charge in [0.25, 0.3) is 0 Å². The van der Waals surface area contributed by atoms with Crippen LogP contribution in [0, 0.1) is 0 Å². The first-order chi connectivity index (χ1) is 14.4. The molecular formula is C25H52S4. The summed E-state index contributed by atoms with van der Waals surface area (Å²) >= 11 is 0. The summed E-state index contributed by atoms with van der Waals surface area (Å²) in [6.07, 6.45) is 27.3. The summed E-state index contributed by atoms with van der Waals surface area (Å²) in [7, 11) is 8.47. The second kappa shape index (κ2) is 29.4. The van der Waals surface area contributed by atoms with Crippen molar-refractivity contribution in [2.45, 2.75) is 136 Å². The summed E-state index contributed by atoms with van der Waals surface area (Å²) in [5.74, 6) is 5.45. The average Bonchev–Trinajstić information content (AvgIpc) is 2.74. The lowest BCUT2D eigenvalue weighted by atomic mass is 10.1. The smallest absolute Gasteiger partial charge is 0.00369 e. The summed E-state index contributed by atoms with van der Waals surface area (Å²) in [6.45, 7) is 4.60. The SMILES string of the molecule is CCCCCCCCCCSSCCCCCSSCCCCCCCCCC. The molecule has 0 aliphatic rings. The van der Waals surface area contributed by atoms with Crippen molar-refractivity contribution in [3.05, 3.63) is 0 Å². The molecule has 0 aromatic carbocycles. The topological polar surface area (TPSA) is 0 Å². The van der Waals surface area contributed by atoms with Crippen LogP contribution in [-0.4, -0.2) is 23.0 Å². The third-order valence-corrected chi connectivity index (χ3v) is 10.4. The van der Waals surface area contributed by atoms with E-state index in [0.29, 0.717) is 0 Å². The van der Waals surface area contributed by atoms with Crippen molar-refractivity contribution >= 4 is 43.2 Å². The predicted octanol–water partition coefficient (Wildman–Crippen LogP) is 11.2. The highest BCUT2D eigenvalue weighted by Crippen LogP contribution is 2.27. The second-order valence-corrected chi connectivity index (χ2v) is 13.7. The van der Waals surface area contributed by atoms with E-state index in [2.05, 4.69) is 57.0 Å². The van der Waals surface area contributed by atoms with Gasteiger partial charge in [-0.1, -0.05) is 153 Å². The van der Waals surface area contributed by atoms with E-state index >= 15 is 0 Å². The van der Waals surface area contributed by atoms with Crippen LogP contribution in [0.5, 0.6) is 0 Å². The van der Waals surface area contributed by atoms with Gasteiger partial charge in [0, 0.05) is 23.0 Å². The van der Waals surface area contributed by atoms with Crippen LogP contribution in [0.15, 0.2) is 0 Å². The molecule has 0 amide bonds. The van der Waals surface area contributed by atoms with E-state index in [9.17, 15) is 0 Å². The molecule has 0 unspecified atom stereocenters. The van der Waals surface area contributed by atoms with E-state index in [1.165, 1.54) is 145 Å². The quantitative estimate of drug-likeness (QED) is 0.0890. The monoisotopic (exact) mass is 480 g/mol. The normalized spacial score (nSPS) is 11.4. The van der Waals surface area contributed by atoms with Crippen molar-refractivity contribution < 1.29 is 0 Å². The van der Waals surface area contributed by atoms with Crippen LogP contribution in [0.4, 0.5) is 0 Å². The third kappa shape index (κ3) is 29.4. The number of unbranched alkanes of at least 4 members (excludes halogenated alkanes) is 16. The second-order valence-electron chi connectivity index (χ2n) is 8.30. The summed E-state index contributed by atoms with van der Waals surface area (Å²) in [6, 6.07) is 0. The first-order valence-corrected chi connectivity index (χ1v) is 17.9. The van der Waals surface area contributed by atoms with Crippen molar-refractivity contribution in [1.29, 1.82) is 0 Å². The van der Waals surface area contributed by atoms with Gasteiger partial charge in [0.05, 0.1) is 0 Å². The molecule has 0 aliphatic carbocycles. The number of rotatable bonds is 26. The van der Waals surface area contributed by atoms with Crippen molar-refractivity contribution in [3.63, 3.8) is 0 Å². The predicted molar refractivity (Wildman–Crippen MR) is 149 cm³/mol. The Morgan fingerprint density at radius 3 is 0.759 bits per heavy atom. The molecule has 0 radical (unpaired) electrons. The molecule has 0 bridgehead atoms. The van der Waals surface area contributed by atoms with E-state index in [4.69, 9.17) is 0 Å². The van der Waals surface area contributed by atoms with Crippen molar-refractivity contribution in [2.75, 3.05) is 23.0 Å². The Bertz CT molecular complexity index is 248. The highest BCUT2D eigenvalue weighted by Gasteiger charge is 1.96. The minimum absolute atomic E-state index is 1.36. The van der Waals surface area contributed by atoms with Gasteiger partial charge in [-0.25, -0.2) is 0 Å². The Balaban J connectivity index is 2.97. The van der Waals surface area contributed by atoms with Gasteiger partial charge in [-0.3, -0.25) is 0 Å². The first kappa shape index (κ1) is 30.4. The maximum Gasteiger partial charge on any atom is 0.00369 e. The maximum absolute atomic E-state index is 2.30. The Morgan fingerprint density at radius 1 is 0.276 bits per heavy atom. The Kier molecular flexibility index (Phi) is 30.8. The van der Waals surface area contributed by atoms with Crippen molar-refractivity contribution in [3.8, 4) is 0 Å². The van der Waals surface area contributed by atoms with Gasteiger partial charge >= 0.3 is 0 Å². The molecule has 29 heavy (non-hydrogen) atoms. The van der Waals surface area contributed by atoms with Crippen molar-refractivity contribution in [1.82, 2.24) is 0 Å². The van der Waals surface area contributed by atoms with Crippen LogP contribution in [0.3, 0.4) is 0 Å². The number of hydrogen-bond donors (Lipinski definition) is 0. The molecule has 0 nitrogen and oxygen atoms in total. The van der Waals surface area contributed by atoms with Crippen molar-refractivity contribution in [2.24, 2.45) is 0 Å². The molecular weight excluding hydrogens is 429 g/mol. The van der Waals surface area contributed by atoms with E-state index in [1.807, 2.05) is 0 Å². The zero-order valence-corrected chi connectivity index (χ0v) is 23.2. The van der Waals surface area contributed by atoms with E-state index in [1.54, 1.807) is 0 Å². The van der Waals surface area contributed by atoms with Crippen LogP contribution < -0.4 is 0 Å². The Hall–Kier alpha value is 1.40. The highest BCUT2D eigenvalue weighted by atomic mass is 33.1. The fourth-order valence-corrected chi connectivity index (χ4v) is 7.91.